The van der Waals surface area contributed by atoms with Gasteiger partial charge in [0.25, 0.3) is 0 Å². The summed E-state index contributed by atoms with van der Waals surface area (Å²) < 4.78 is 0. The molecule has 1 rings (SSSR count). The van der Waals surface area contributed by atoms with Crippen molar-refractivity contribution in [3.8, 4) is 0 Å². The van der Waals surface area contributed by atoms with Crippen LogP contribution in [0.3, 0.4) is 0 Å². The summed E-state index contributed by atoms with van der Waals surface area (Å²) in [4.78, 5) is 12.3. The molecule has 1 fully saturated rings. The SMILES string of the molecule is C=C(C)/C=C/C1(C)C(=O)C(=C)CCC1(C)C. The van der Waals surface area contributed by atoms with Crippen LogP contribution in [0, 0.1) is 10.8 Å². The normalized spacial score (nSPS) is 29.8. The highest BCUT2D eigenvalue weighted by Crippen LogP contribution is 2.50. The summed E-state index contributed by atoms with van der Waals surface area (Å²) in [6.45, 7) is 16.0. The minimum Gasteiger partial charge on any atom is -0.294 e. The van der Waals surface area contributed by atoms with Crippen molar-refractivity contribution in [3.63, 3.8) is 0 Å². The largest absolute Gasteiger partial charge is 0.294 e. The zero-order valence-corrected chi connectivity index (χ0v) is 10.9. The van der Waals surface area contributed by atoms with Gasteiger partial charge in [-0.2, -0.15) is 0 Å². The second-order valence-electron chi connectivity index (χ2n) is 5.70. The summed E-state index contributed by atoms with van der Waals surface area (Å²) in [5.74, 6) is 0.182. The summed E-state index contributed by atoms with van der Waals surface area (Å²) >= 11 is 0. The van der Waals surface area contributed by atoms with Crippen molar-refractivity contribution in [2.24, 2.45) is 10.8 Å². The number of Topliss-reactive ketones (excluding diaryl/α,β-unsaturated/α-hetero) is 1. The van der Waals surface area contributed by atoms with Crippen molar-refractivity contribution < 1.29 is 4.79 Å². The van der Waals surface area contributed by atoms with Gasteiger partial charge < -0.3 is 0 Å². The Morgan fingerprint density at radius 2 is 1.94 bits per heavy atom. The predicted molar refractivity (Wildman–Crippen MR) is 69.2 cm³/mol. The molecule has 16 heavy (non-hydrogen) atoms. The van der Waals surface area contributed by atoms with Crippen molar-refractivity contribution in [1.29, 1.82) is 0 Å². The van der Waals surface area contributed by atoms with Crippen LogP contribution in [0.4, 0.5) is 0 Å². The summed E-state index contributed by atoms with van der Waals surface area (Å²) in [5, 5.41) is 0. The lowest BCUT2D eigenvalue weighted by Crippen LogP contribution is -2.44. The van der Waals surface area contributed by atoms with Gasteiger partial charge in [0, 0.05) is 0 Å². The van der Waals surface area contributed by atoms with Crippen LogP contribution in [0.2, 0.25) is 0 Å². The lowest BCUT2D eigenvalue weighted by Gasteiger charge is -2.45. The maximum absolute atomic E-state index is 12.3. The standard InChI is InChI=1S/C15H22O/c1-11(2)7-10-15(6)13(16)12(3)8-9-14(15,4)5/h7,10H,1,3,8-9H2,2,4-6H3/b10-7+. The Balaban J connectivity index is 3.16. The van der Waals surface area contributed by atoms with Gasteiger partial charge in [-0.15, -0.1) is 0 Å². The Kier molecular flexibility index (Phi) is 3.27. The van der Waals surface area contributed by atoms with Crippen molar-refractivity contribution >= 4 is 5.78 Å². The summed E-state index contributed by atoms with van der Waals surface area (Å²) in [7, 11) is 0. The topological polar surface area (TPSA) is 17.1 Å². The molecular formula is C15H22O. The Morgan fingerprint density at radius 1 is 1.38 bits per heavy atom. The molecule has 0 bridgehead atoms. The maximum atomic E-state index is 12.3. The van der Waals surface area contributed by atoms with E-state index in [1.54, 1.807) is 0 Å². The van der Waals surface area contributed by atoms with Gasteiger partial charge in [0.15, 0.2) is 5.78 Å². The van der Waals surface area contributed by atoms with E-state index in [1.807, 2.05) is 26.0 Å². The van der Waals surface area contributed by atoms with Gasteiger partial charge in [-0.3, -0.25) is 4.79 Å². The summed E-state index contributed by atoms with van der Waals surface area (Å²) in [6, 6.07) is 0. The molecule has 1 nitrogen and oxygen atoms in total. The van der Waals surface area contributed by atoms with E-state index in [1.165, 1.54) is 0 Å². The number of carbonyl (C=O) groups excluding carboxylic acids is 1. The first kappa shape index (κ1) is 13.0. The fourth-order valence-corrected chi connectivity index (χ4v) is 2.12. The van der Waals surface area contributed by atoms with Crippen LogP contribution in [-0.4, -0.2) is 5.78 Å². The van der Waals surface area contributed by atoms with Crippen LogP contribution in [0.25, 0.3) is 0 Å². The van der Waals surface area contributed by atoms with Crippen LogP contribution < -0.4 is 0 Å². The molecule has 1 saturated carbocycles. The van der Waals surface area contributed by atoms with Crippen molar-refractivity contribution in [2.45, 2.75) is 40.5 Å². The number of ketones is 1. The monoisotopic (exact) mass is 218 g/mol. The first-order valence-electron chi connectivity index (χ1n) is 5.78. The second kappa shape index (κ2) is 4.04. The van der Waals surface area contributed by atoms with Gasteiger partial charge in [-0.1, -0.05) is 44.7 Å². The van der Waals surface area contributed by atoms with Crippen LogP contribution >= 0.6 is 0 Å². The highest BCUT2D eigenvalue weighted by molar-refractivity contribution is 6.01. The van der Waals surface area contributed by atoms with Gasteiger partial charge in [0.05, 0.1) is 5.41 Å². The highest BCUT2D eigenvalue weighted by atomic mass is 16.1. The third-order valence-electron chi connectivity index (χ3n) is 3.95. The van der Waals surface area contributed by atoms with E-state index in [2.05, 4.69) is 27.0 Å². The molecule has 0 radical (unpaired) electrons. The van der Waals surface area contributed by atoms with Crippen LogP contribution in [0.1, 0.15) is 40.5 Å². The van der Waals surface area contributed by atoms with Crippen LogP contribution in [0.15, 0.2) is 36.5 Å². The average Bonchev–Trinajstić information content (AvgIpc) is 2.19. The molecule has 1 unspecified atom stereocenters. The molecule has 0 N–H and O–H groups in total. The Morgan fingerprint density at radius 3 is 2.44 bits per heavy atom. The fraction of sp³-hybridized carbons (Fsp3) is 0.533. The van der Waals surface area contributed by atoms with Crippen LogP contribution in [0.5, 0.6) is 0 Å². The van der Waals surface area contributed by atoms with E-state index < -0.39 is 5.41 Å². The first-order chi connectivity index (χ1) is 7.21. The molecule has 0 amide bonds. The molecule has 1 heteroatoms. The zero-order valence-electron chi connectivity index (χ0n) is 10.9. The molecule has 0 heterocycles. The van der Waals surface area contributed by atoms with Crippen molar-refractivity contribution in [1.82, 2.24) is 0 Å². The van der Waals surface area contributed by atoms with Gasteiger partial charge >= 0.3 is 0 Å². The van der Waals surface area contributed by atoms with Gasteiger partial charge in [-0.05, 0) is 37.7 Å². The molecule has 0 aromatic carbocycles. The molecule has 1 atom stereocenters. The van der Waals surface area contributed by atoms with Gasteiger partial charge in [0.2, 0.25) is 0 Å². The van der Waals surface area contributed by atoms with E-state index in [4.69, 9.17) is 0 Å². The Hall–Kier alpha value is -1.11. The van der Waals surface area contributed by atoms with E-state index in [0.29, 0.717) is 0 Å². The number of hydrogen-bond acceptors (Lipinski definition) is 1. The molecule has 88 valence electrons. The Bertz CT molecular complexity index is 371. The molecule has 0 aromatic heterocycles. The van der Waals surface area contributed by atoms with E-state index in [-0.39, 0.29) is 11.2 Å². The molecular weight excluding hydrogens is 196 g/mol. The van der Waals surface area contributed by atoms with Crippen LogP contribution in [-0.2, 0) is 4.79 Å². The van der Waals surface area contributed by atoms with Crippen molar-refractivity contribution in [3.05, 3.63) is 36.5 Å². The molecule has 1 aliphatic carbocycles. The third-order valence-corrected chi connectivity index (χ3v) is 3.95. The summed E-state index contributed by atoms with van der Waals surface area (Å²) in [6.07, 6.45) is 5.77. The van der Waals surface area contributed by atoms with Gasteiger partial charge in [0.1, 0.15) is 0 Å². The minimum atomic E-state index is -0.443. The maximum Gasteiger partial charge on any atom is 0.168 e. The number of hydrogen-bond donors (Lipinski definition) is 0. The van der Waals surface area contributed by atoms with Gasteiger partial charge in [-0.25, -0.2) is 0 Å². The third kappa shape index (κ3) is 2.04. The first-order valence-corrected chi connectivity index (χ1v) is 5.78. The predicted octanol–water partition coefficient (Wildman–Crippen LogP) is 4.07. The van der Waals surface area contributed by atoms with Crippen molar-refractivity contribution in [2.75, 3.05) is 0 Å². The molecule has 0 aromatic rings. The molecule has 0 spiro atoms. The molecule has 1 aliphatic rings. The zero-order chi connectivity index (χ0) is 12.6. The lowest BCUT2D eigenvalue weighted by atomic mass is 9.57. The average molecular weight is 218 g/mol. The number of carbonyl (C=O) groups is 1. The van der Waals surface area contributed by atoms with E-state index in [9.17, 15) is 4.79 Å². The molecule has 0 aliphatic heterocycles. The second-order valence-corrected chi connectivity index (χ2v) is 5.70. The minimum absolute atomic E-state index is 0.0166. The Labute approximate surface area is 98.9 Å². The summed E-state index contributed by atoms with van der Waals surface area (Å²) in [5.41, 5.74) is 1.27. The fourth-order valence-electron chi connectivity index (χ4n) is 2.12. The smallest absolute Gasteiger partial charge is 0.168 e. The lowest BCUT2D eigenvalue weighted by molar-refractivity contribution is -0.129. The molecule has 0 saturated heterocycles. The number of allylic oxidation sites excluding steroid dienone is 4. The number of rotatable bonds is 2. The van der Waals surface area contributed by atoms with E-state index >= 15 is 0 Å². The highest BCUT2D eigenvalue weighted by Gasteiger charge is 2.48. The quantitative estimate of drug-likeness (QED) is 0.504. The van der Waals surface area contributed by atoms with E-state index in [0.717, 1.165) is 24.0 Å².